The summed E-state index contributed by atoms with van der Waals surface area (Å²) in [5.41, 5.74) is 8.11. The maximum absolute atomic E-state index is 10.4. The van der Waals surface area contributed by atoms with Gasteiger partial charge in [-0.2, -0.15) is 0 Å². The molecule has 3 N–H and O–H groups in total. The number of nitrogens with zero attached hydrogens (tertiary/aromatic N) is 1. The molecular weight excluding hydrogens is 308 g/mol. The average molecular weight is 323 g/mol. The molecule has 1 unspecified atom stereocenters. The molecule has 1 aromatic heterocycles. The Bertz CT molecular complexity index is 602. The van der Waals surface area contributed by atoms with Gasteiger partial charge in [0, 0.05) is 11.8 Å². The monoisotopic (exact) mass is 322 g/mol. The predicted octanol–water partition coefficient (Wildman–Crippen LogP) is 2.83. The predicted molar refractivity (Wildman–Crippen MR) is 78.1 cm³/mol. The van der Waals surface area contributed by atoms with E-state index in [-0.39, 0.29) is 0 Å². The molecule has 0 aliphatic rings. The Balaban J connectivity index is 2.41. The van der Waals surface area contributed by atoms with Crippen LogP contribution in [0.2, 0.25) is 0 Å². The normalized spacial score (nSPS) is 12.2. The number of benzene rings is 1. The van der Waals surface area contributed by atoms with Gasteiger partial charge in [0.1, 0.15) is 17.7 Å². The van der Waals surface area contributed by atoms with Crippen molar-refractivity contribution in [3.8, 4) is 5.75 Å². The van der Waals surface area contributed by atoms with Crippen molar-refractivity contribution < 1.29 is 9.84 Å². The number of methoxy groups -OCH3 is 1. The van der Waals surface area contributed by atoms with Gasteiger partial charge in [-0.05, 0) is 52.2 Å². The van der Waals surface area contributed by atoms with Crippen LogP contribution in [0, 0.1) is 6.92 Å². The minimum Gasteiger partial charge on any atom is -0.496 e. The Labute approximate surface area is 120 Å². The molecule has 5 heteroatoms. The van der Waals surface area contributed by atoms with E-state index in [0.29, 0.717) is 17.1 Å². The number of pyridine rings is 1. The van der Waals surface area contributed by atoms with E-state index in [1.165, 1.54) is 0 Å². The second-order valence-corrected chi connectivity index (χ2v) is 5.14. The van der Waals surface area contributed by atoms with Crippen LogP contribution in [0.4, 0.5) is 5.82 Å². The third-order valence-electron chi connectivity index (χ3n) is 2.87. The number of aromatic nitrogens is 1. The van der Waals surface area contributed by atoms with Gasteiger partial charge in [-0.15, -0.1) is 0 Å². The van der Waals surface area contributed by atoms with Crippen molar-refractivity contribution in [2.45, 2.75) is 13.0 Å². The lowest BCUT2D eigenvalue weighted by molar-refractivity contribution is 0.220. The Morgan fingerprint density at radius 1 is 1.37 bits per heavy atom. The van der Waals surface area contributed by atoms with E-state index in [2.05, 4.69) is 20.9 Å². The van der Waals surface area contributed by atoms with Crippen LogP contribution in [0.5, 0.6) is 5.75 Å². The van der Waals surface area contributed by atoms with Gasteiger partial charge in [0.15, 0.2) is 0 Å². The maximum atomic E-state index is 10.4. The van der Waals surface area contributed by atoms with Crippen LogP contribution in [-0.2, 0) is 0 Å². The number of rotatable bonds is 3. The zero-order chi connectivity index (χ0) is 14.0. The van der Waals surface area contributed by atoms with E-state index in [0.717, 1.165) is 15.6 Å². The molecule has 19 heavy (non-hydrogen) atoms. The number of halogens is 1. The van der Waals surface area contributed by atoms with Crippen LogP contribution >= 0.6 is 15.9 Å². The van der Waals surface area contributed by atoms with E-state index >= 15 is 0 Å². The summed E-state index contributed by atoms with van der Waals surface area (Å²) in [6.45, 7) is 1.91. The lowest BCUT2D eigenvalue weighted by Gasteiger charge is -2.15. The summed E-state index contributed by atoms with van der Waals surface area (Å²) < 4.78 is 5.95. The summed E-state index contributed by atoms with van der Waals surface area (Å²) >= 11 is 3.40. The molecule has 0 fully saturated rings. The molecule has 0 radical (unpaired) electrons. The zero-order valence-corrected chi connectivity index (χ0v) is 12.3. The molecule has 0 spiro atoms. The molecule has 2 aromatic rings. The number of anilines is 1. The summed E-state index contributed by atoms with van der Waals surface area (Å²) in [5, 5.41) is 10.4. The molecule has 0 saturated carbocycles. The van der Waals surface area contributed by atoms with Crippen molar-refractivity contribution in [2.75, 3.05) is 12.8 Å². The smallest absolute Gasteiger partial charge is 0.133 e. The second-order valence-electron chi connectivity index (χ2n) is 4.28. The molecule has 1 atom stereocenters. The first kappa shape index (κ1) is 13.8. The lowest BCUT2D eigenvalue weighted by atomic mass is 10.0. The van der Waals surface area contributed by atoms with E-state index in [4.69, 9.17) is 10.5 Å². The average Bonchev–Trinajstić information content (AvgIpc) is 2.40. The molecule has 100 valence electrons. The molecule has 1 aromatic carbocycles. The van der Waals surface area contributed by atoms with Gasteiger partial charge in [0.2, 0.25) is 0 Å². The molecule has 0 amide bonds. The Morgan fingerprint density at radius 3 is 2.74 bits per heavy atom. The Hall–Kier alpha value is -1.59. The summed E-state index contributed by atoms with van der Waals surface area (Å²) in [6, 6.07) is 7.24. The highest BCUT2D eigenvalue weighted by Crippen LogP contribution is 2.32. The number of aliphatic hydroxyl groups is 1. The largest absolute Gasteiger partial charge is 0.496 e. The van der Waals surface area contributed by atoms with Crippen molar-refractivity contribution in [1.29, 1.82) is 0 Å². The number of aliphatic hydroxyl groups excluding tert-OH is 1. The minimum atomic E-state index is -0.811. The number of hydrogen-bond donors (Lipinski definition) is 2. The number of ether oxygens (including phenoxy) is 1. The van der Waals surface area contributed by atoms with Gasteiger partial charge in [-0.3, -0.25) is 0 Å². The summed E-state index contributed by atoms with van der Waals surface area (Å²) in [7, 11) is 1.60. The van der Waals surface area contributed by atoms with Crippen LogP contribution < -0.4 is 10.5 Å². The quantitative estimate of drug-likeness (QED) is 0.911. The highest BCUT2D eigenvalue weighted by atomic mass is 79.9. The standard InChI is InChI=1S/C14H15BrN2O2/c1-8-5-10(14(16)17-7-8)13(18)9-3-4-12(19-2)11(15)6-9/h3-7,13,18H,1-2H3,(H2,16,17). The first-order chi connectivity index (χ1) is 9.02. The second kappa shape index (κ2) is 5.59. The third kappa shape index (κ3) is 2.88. The molecule has 4 nitrogen and oxygen atoms in total. The van der Waals surface area contributed by atoms with Crippen molar-refractivity contribution >= 4 is 21.7 Å². The Morgan fingerprint density at radius 2 is 2.11 bits per heavy atom. The summed E-state index contributed by atoms with van der Waals surface area (Å²) in [4.78, 5) is 4.06. The number of nitrogens with two attached hydrogens (primary N) is 1. The van der Waals surface area contributed by atoms with Crippen LogP contribution in [-0.4, -0.2) is 17.2 Å². The van der Waals surface area contributed by atoms with Gasteiger partial charge in [-0.1, -0.05) is 6.07 Å². The van der Waals surface area contributed by atoms with E-state index < -0.39 is 6.10 Å². The molecule has 0 bridgehead atoms. The van der Waals surface area contributed by atoms with Crippen LogP contribution in [0.15, 0.2) is 34.9 Å². The van der Waals surface area contributed by atoms with Crippen LogP contribution in [0.3, 0.4) is 0 Å². The van der Waals surface area contributed by atoms with Gasteiger partial charge in [0.05, 0.1) is 11.6 Å². The van der Waals surface area contributed by atoms with Crippen LogP contribution in [0.1, 0.15) is 22.8 Å². The molecule has 0 aliphatic heterocycles. The van der Waals surface area contributed by atoms with E-state index in [1.807, 2.05) is 19.1 Å². The fraction of sp³-hybridized carbons (Fsp3) is 0.214. The molecule has 0 aliphatic carbocycles. The van der Waals surface area contributed by atoms with Gasteiger partial charge >= 0.3 is 0 Å². The molecule has 2 rings (SSSR count). The summed E-state index contributed by atoms with van der Waals surface area (Å²) in [6.07, 6.45) is 0.866. The van der Waals surface area contributed by atoms with Crippen molar-refractivity contribution in [2.24, 2.45) is 0 Å². The first-order valence-corrected chi connectivity index (χ1v) is 6.55. The van der Waals surface area contributed by atoms with E-state index in [1.54, 1.807) is 25.4 Å². The number of hydrogen-bond acceptors (Lipinski definition) is 4. The Kier molecular flexibility index (Phi) is 4.07. The highest BCUT2D eigenvalue weighted by molar-refractivity contribution is 9.10. The minimum absolute atomic E-state index is 0.338. The topological polar surface area (TPSA) is 68.4 Å². The fourth-order valence-corrected chi connectivity index (χ4v) is 2.41. The molecule has 0 saturated heterocycles. The fourth-order valence-electron chi connectivity index (χ4n) is 1.85. The van der Waals surface area contributed by atoms with Gasteiger partial charge in [0.25, 0.3) is 0 Å². The van der Waals surface area contributed by atoms with Gasteiger partial charge in [-0.25, -0.2) is 4.98 Å². The third-order valence-corrected chi connectivity index (χ3v) is 3.49. The lowest BCUT2D eigenvalue weighted by Crippen LogP contribution is -2.06. The summed E-state index contributed by atoms with van der Waals surface area (Å²) in [5.74, 6) is 1.05. The zero-order valence-electron chi connectivity index (χ0n) is 10.7. The molecule has 1 heterocycles. The van der Waals surface area contributed by atoms with Crippen molar-refractivity contribution in [3.63, 3.8) is 0 Å². The van der Waals surface area contributed by atoms with Crippen LogP contribution in [0.25, 0.3) is 0 Å². The number of aryl methyl sites for hydroxylation is 1. The first-order valence-electron chi connectivity index (χ1n) is 5.76. The van der Waals surface area contributed by atoms with E-state index in [9.17, 15) is 5.11 Å². The molecular formula is C14H15BrN2O2. The van der Waals surface area contributed by atoms with Gasteiger partial charge < -0.3 is 15.6 Å². The maximum Gasteiger partial charge on any atom is 0.133 e. The van der Waals surface area contributed by atoms with Crippen molar-refractivity contribution in [1.82, 2.24) is 4.98 Å². The number of nitrogen functional groups attached to an aromatic ring is 1. The van der Waals surface area contributed by atoms with Crippen molar-refractivity contribution in [3.05, 3.63) is 51.6 Å². The highest BCUT2D eigenvalue weighted by Gasteiger charge is 2.16. The SMILES string of the molecule is COc1ccc(C(O)c2cc(C)cnc2N)cc1Br.